The first-order chi connectivity index (χ1) is 14.6. The molecule has 0 saturated heterocycles. The third-order valence-electron chi connectivity index (χ3n) is 5.23. The zero-order chi connectivity index (χ0) is 23.0. The second-order valence-corrected chi connectivity index (χ2v) is 7.86. The summed E-state index contributed by atoms with van der Waals surface area (Å²) in [6.07, 6.45) is 1.05. The van der Waals surface area contributed by atoms with Crippen molar-refractivity contribution in [2.24, 2.45) is 0 Å². The van der Waals surface area contributed by atoms with Gasteiger partial charge in [-0.25, -0.2) is 0 Å². The highest BCUT2D eigenvalue weighted by molar-refractivity contribution is 5.97. The number of aliphatic hydroxyl groups excluding tert-OH is 1. The standard InChI is InChI=1S/C24H26O7/c1-11(2)6-7-13-20-18(10-17(27)24(13)30-5)31-19-9-16(26)14(8-15(25)12(3)4)22(28)21(19)23(20)29/h6,9-10,15,25-28H,3,7-8H2,1-2,4-5H3. The summed E-state index contributed by atoms with van der Waals surface area (Å²) >= 11 is 0. The highest BCUT2D eigenvalue weighted by Gasteiger charge is 2.24. The number of fused-ring (bicyclic) bond motifs is 2. The van der Waals surface area contributed by atoms with Crippen LogP contribution in [0.25, 0.3) is 21.9 Å². The van der Waals surface area contributed by atoms with Gasteiger partial charge in [0.2, 0.25) is 5.43 Å². The van der Waals surface area contributed by atoms with E-state index in [-0.39, 0.29) is 51.2 Å². The molecule has 1 atom stereocenters. The van der Waals surface area contributed by atoms with Gasteiger partial charge in [-0.3, -0.25) is 4.79 Å². The van der Waals surface area contributed by atoms with Crippen LogP contribution in [0, 0.1) is 0 Å². The summed E-state index contributed by atoms with van der Waals surface area (Å²) < 4.78 is 11.1. The lowest BCUT2D eigenvalue weighted by molar-refractivity contribution is 0.209. The van der Waals surface area contributed by atoms with Crippen molar-refractivity contribution in [1.29, 1.82) is 0 Å². The molecule has 0 radical (unpaired) electrons. The maximum absolute atomic E-state index is 13.5. The number of aromatic hydroxyl groups is 3. The first-order valence-electron chi connectivity index (χ1n) is 9.76. The third-order valence-corrected chi connectivity index (χ3v) is 5.23. The smallest absolute Gasteiger partial charge is 0.204 e. The van der Waals surface area contributed by atoms with Crippen LogP contribution in [-0.4, -0.2) is 33.6 Å². The van der Waals surface area contributed by atoms with Crippen LogP contribution in [0.15, 0.2) is 45.1 Å². The van der Waals surface area contributed by atoms with Crippen molar-refractivity contribution >= 4 is 21.9 Å². The summed E-state index contributed by atoms with van der Waals surface area (Å²) in [5.74, 6) is -0.835. The van der Waals surface area contributed by atoms with E-state index in [4.69, 9.17) is 9.15 Å². The molecule has 1 aromatic heterocycles. The van der Waals surface area contributed by atoms with E-state index in [2.05, 4.69) is 6.58 Å². The Hall–Kier alpha value is -3.45. The number of methoxy groups -OCH3 is 1. The van der Waals surface area contributed by atoms with E-state index < -0.39 is 17.3 Å². The topological polar surface area (TPSA) is 120 Å². The zero-order valence-corrected chi connectivity index (χ0v) is 17.9. The number of allylic oxidation sites excluding steroid dienone is 2. The fraction of sp³-hybridized carbons (Fsp3) is 0.292. The minimum absolute atomic E-state index is 0.0197. The Morgan fingerprint density at radius 3 is 2.29 bits per heavy atom. The number of ether oxygens (including phenoxy) is 1. The number of hydrogen-bond acceptors (Lipinski definition) is 7. The summed E-state index contributed by atoms with van der Waals surface area (Å²) in [5.41, 5.74) is 1.42. The van der Waals surface area contributed by atoms with Gasteiger partial charge in [0.25, 0.3) is 0 Å². The molecule has 0 fully saturated rings. The highest BCUT2D eigenvalue weighted by atomic mass is 16.5. The van der Waals surface area contributed by atoms with Crippen LogP contribution >= 0.6 is 0 Å². The zero-order valence-electron chi connectivity index (χ0n) is 17.9. The average molecular weight is 426 g/mol. The highest BCUT2D eigenvalue weighted by Crippen LogP contribution is 2.40. The molecule has 164 valence electrons. The van der Waals surface area contributed by atoms with E-state index in [0.29, 0.717) is 17.6 Å². The molecule has 3 aromatic rings. The minimum Gasteiger partial charge on any atom is -0.507 e. The lowest BCUT2D eigenvalue weighted by Crippen LogP contribution is -2.13. The maximum atomic E-state index is 13.5. The van der Waals surface area contributed by atoms with Crippen molar-refractivity contribution < 1.29 is 29.6 Å². The number of benzene rings is 2. The molecule has 7 nitrogen and oxygen atoms in total. The quantitative estimate of drug-likeness (QED) is 0.346. The van der Waals surface area contributed by atoms with Crippen molar-refractivity contribution in [3.05, 3.63) is 57.3 Å². The van der Waals surface area contributed by atoms with Crippen LogP contribution in [0.3, 0.4) is 0 Å². The van der Waals surface area contributed by atoms with Gasteiger partial charge in [0, 0.05) is 29.7 Å². The van der Waals surface area contributed by atoms with Crippen molar-refractivity contribution in [2.75, 3.05) is 7.11 Å². The lowest BCUT2D eigenvalue weighted by Gasteiger charge is -2.16. The van der Waals surface area contributed by atoms with Gasteiger partial charge >= 0.3 is 0 Å². The number of phenols is 3. The van der Waals surface area contributed by atoms with Gasteiger partial charge in [-0.15, -0.1) is 0 Å². The van der Waals surface area contributed by atoms with Crippen LogP contribution in [0.5, 0.6) is 23.0 Å². The molecule has 0 aliphatic heterocycles. The molecule has 31 heavy (non-hydrogen) atoms. The molecular formula is C24H26O7. The minimum atomic E-state index is -1.01. The van der Waals surface area contributed by atoms with E-state index in [1.165, 1.54) is 19.2 Å². The van der Waals surface area contributed by atoms with Crippen molar-refractivity contribution in [3.63, 3.8) is 0 Å². The van der Waals surface area contributed by atoms with Gasteiger partial charge < -0.3 is 29.6 Å². The third kappa shape index (κ3) is 3.96. The fourth-order valence-corrected chi connectivity index (χ4v) is 3.52. The van der Waals surface area contributed by atoms with Crippen LogP contribution in [0.4, 0.5) is 0 Å². The summed E-state index contributed by atoms with van der Waals surface area (Å²) in [5, 5.41) is 41.8. The molecule has 7 heteroatoms. The first-order valence-corrected chi connectivity index (χ1v) is 9.76. The molecule has 1 heterocycles. The Kier molecular flexibility index (Phi) is 5.99. The van der Waals surface area contributed by atoms with Gasteiger partial charge in [-0.05, 0) is 27.2 Å². The van der Waals surface area contributed by atoms with E-state index in [1.54, 1.807) is 6.92 Å². The molecule has 0 aliphatic carbocycles. The molecule has 3 rings (SSSR count). The van der Waals surface area contributed by atoms with Gasteiger partial charge in [-0.2, -0.15) is 0 Å². The van der Waals surface area contributed by atoms with Gasteiger partial charge in [0.05, 0.1) is 18.6 Å². The average Bonchev–Trinajstić information content (AvgIpc) is 2.68. The monoisotopic (exact) mass is 426 g/mol. The van der Waals surface area contributed by atoms with E-state index in [9.17, 15) is 25.2 Å². The molecule has 4 N–H and O–H groups in total. The summed E-state index contributed by atoms with van der Waals surface area (Å²) in [4.78, 5) is 13.5. The Bertz CT molecular complexity index is 1280. The normalized spacial score (nSPS) is 12.2. The Morgan fingerprint density at radius 2 is 1.71 bits per heavy atom. The van der Waals surface area contributed by atoms with E-state index in [1.807, 2.05) is 19.9 Å². The first kappa shape index (κ1) is 22.2. The predicted molar refractivity (Wildman–Crippen MR) is 119 cm³/mol. The Labute approximate surface area is 179 Å². The van der Waals surface area contributed by atoms with Gasteiger partial charge in [0.15, 0.2) is 11.5 Å². The van der Waals surface area contributed by atoms with E-state index >= 15 is 0 Å². The second-order valence-electron chi connectivity index (χ2n) is 7.86. The molecule has 0 bridgehead atoms. The van der Waals surface area contributed by atoms with Crippen LogP contribution in [0.2, 0.25) is 0 Å². The van der Waals surface area contributed by atoms with E-state index in [0.717, 1.165) is 5.57 Å². The molecular weight excluding hydrogens is 400 g/mol. The lowest BCUT2D eigenvalue weighted by atomic mass is 9.97. The van der Waals surface area contributed by atoms with Crippen molar-refractivity contribution in [1.82, 2.24) is 0 Å². The largest absolute Gasteiger partial charge is 0.507 e. The number of hydrogen-bond donors (Lipinski definition) is 4. The number of rotatable bonds is 6. The van der Waals surface area contributed by atoms with Crippen molar-refractivity contribution in [2.45, 2.75) is 39.7 Å². The van der Waals surface area contributed by atoms with Crippen LogP contribution in [0.1, 0.15) is 31.9 Å². The van der Waals surface area contributed by atoms with Gasteiger partial charge in [-0.1, -0.05) is 23.8 Å². The van der Waals surface area contributed by atoms with Crippen molar-refractivity contribution in [3.8, 4) is 23.0 Å². The summed E-state index contributed by atoms with van der Waals surface area (Å²) in [6.45, 7) is 9.10. The molecule has 2 aromatic carbocycles. The predicted octanol–water partition coefficient (Wildman–Crippen LogP) is 4.06. The number of phenolic OH excluding ortho intramolecular Hbond substituents is 3. The second kappa shape index (κ2) is 8.35. The Morgan fingerprint density at radius 1 is 1.10 bits per heavy atom. The Balaban J connectivity index is 2.42. The molecule has 1 unspecified atom stereocenters. The summed E-state index contributed by atoms with van der Waals surface area (Å²) in [6, 6.07) is 2.49. The SMILES string of the molecule is C=C(C)C(O)Cc1c(O)cc2oc3cc(O)c(OC)c(CC=C(C)C)c3c(=O)c2c1O. The molecule has 0 spiro atoms. The molecule has 0 amide bonds. The maximum Gasteiger partial charge on any atom is 0.204 e. The molecule has 0 saturated carbocycles. The van der Waals surface area contributed by atoms with Gasteiger partial charge in [0.1, 0.15) is 28.1 Å². The van der Waals surface area contributed by atoms with Crippen LogP contribution < -0.4 is 10.2 Å². The van der Waals surface area contributed by atoms with Crippen LogP contribution in [-0.2, 0) is 12.8 Å². The number of aliphatic hydroxyl groups is 1. The molecule has 0 aliphatic rings. The fourth-order valence-electron chi connectivity index (χ4n) is 3.52. The summed E-state index contributed by atoms with van der Waals surface area (Å²) in [7, 11) is 1.39.